The first-order valence-electron chi connectivity index (χ1n) is 8.08. The largest absolute Gasteiger partial charge is 0.0930 e. The molecule has 1 aliphatic carbocycles. The number of hydrogen-bond donors (Lipinski definition) is 0. The minimum atomic E-state index is -1.24. The molecule has 1 unspecified atom stereocenters. The van der Waals surface area contributed by atoms with Crippen LogP contribution in [0.4, 0.5) is 0 Å². The van der Waals surface area contributed by atoms with E-state index in [1.807, 2.05) is 0 Å². The van der Waals surface area contributed by atoms with Gasteiger partial charge in [0, 0.05) is 5.54 Å². The molecule has 2 aromatic rings. The lowest BCUT2D eigenvalue weighted by molar-refractivity contribution is 0.848. The van der Waals surface area contributed by atoms with Crippen molar-refractivity contribution < 1.29 is 0 Å². The molecular formula is C20H22Si. The highest BCUT2D eigenvalue weighted by Crippen LogP contribution is 2.64. The zero-order valence-electron chi connectivity index (χ0n) is 13.1. The minimum Gasteiger partial charge on any atom is -0.0651 e. The molecule has 0 radical (unpaired) electrons. The van der Waals surface area contributed by atoms with Crippen LogP contribution in [0.15, 0.2) is 54.1 Å². The van der Waals surface area contributed by atoms with E-state index in [2.05, 4.69) is 68.5 Å². The highest BCUT2D eigenvalue weighted by Gasteiger charge is 2.56. The second-order valence-corrected chi connectivity index (χ2v) is 11.5. The van der Waals surface area contributed by atoms with Crippen LogP contribution in [0.3, 0.4) is 0 Å². The third-order valence-corrected chi connectivity index (χ3v) is 9.26. The summed E-state index contributed by atoms with van der Waals surface area (Å²) >= 11 is 0. The van der Waals surface area contributed by atoms with Crippen LogP contribution < -0.4 is 0 Å². The standard InChI is InChI=1S/C20H22Si/c1-4-9-17-19-16-13-8-12-15(14-10-6-5-7-11-14)18(16)20(17)21(19,2)3/h5-8,10-13,19H,4,9H2,1-3H3. The molecule has 2 aliphatic heterocycles. The molecule has 106 valence electrons. The average molecular weight is 290 g/mol. The maximum absolute atomic E-state index is 2.56. The summed E-state index contributed by atoms with van der Waals surface area (Å²) < 4.78 is 0. The van der Waals surface area contributed by atoms with Gasteiger partial charge >= 0.3 is 0 Å². The highest BCUT2D eigenvalue weighted by atomic mass is 28.3. The van der Waals surface area contributed by atoms with E-state index in [1.54, 1.807) is 21.9 Å². The highest BCUT2D eigenvalue weighted by molar-refractivity contribution is 7.01. The molecule has 2 bridgehead atoms. The van der Waals surface area contributed by atoms with Crippen molar-refractivity contribution in [2.24, 2.45) is 0 Å². The summed E-state index contributed by atoms with van der Waals surface area (Å²) in [4.78, 5) is 0. The molecule has 0 N–H and O–H groups in total. The number of allylic oxidation sites excluding steroid dienone is 1. The van der Waals surface area contributed by atoms with Crippen molar-refractivity contribution in [3.05, 3.63) is 65.2 Å². The lowest BCUT2D eigenvalue weighted by Gasteiger charge is -2.40. The van der Waals surface area contributed by atoms with Gasteiger partial charge in [0.15, 0.2) is 0 Å². The van der Waals surface area contributed by atoms with Gasteiger partial charge in [-0.05, 0) is 28.7 Å². The maximum Gasteiger partial charge on any atom is 0.0930 e. The molecule has 1 atom stereocenters. The van der Waals surface area contributed by atoms with Gasteiger partial charge in [0.1, 0.15) is 0 Å². The maximum atomic E-state index is 2.56. The lowest BCUT2D eigenvalue weighted by Crippen LogP contribution is -2.41. The van der Waals surface area contributed by atoms with Crippen molar-refractivity contribution in [3.63, 3.8) is 0 Å². The molecule has 0 fully saturated rings. The topological polar surface area (TPSA) is 0 Å². The molecule has 0 nitrogen and oxygen atoms in total. The summed E-state index contributed by atoms with van der Waals surface area (Å²) in [5.41, 5.74) is 8.63. The van der Waals surface area contributed by atoms with E-state index in [9.17, 15) is 0 Å². The molecule has 0 aromatic heterocycles. The first kappa shape index (κ1) is 13.1. The van der Waals surface area contributed by atoms with E-state index in [0.717, 1.165) is 5.54 Å². The summed E-state index contributed by atoms with van der Waals surface area (Å²) in [7, 11) is -1.24. The fourth-order valence-corrected chi connectivity index (χ4v) is 8.87. The van der Waals surface area contributed by atoms with Crippen LogP contribution in [-0.4, -0.2) is 8.07 Å². The first-order valence-corrected chi connectivity index (χ1v) is 11.2. The Kier molecular flexibility index (Phi) is 2.77. The molecule has 0 amide bonds. The minimum absolute atomic E-state index is 0.797. The van der Waals surface area contributed by atoms with Crippen molar-refractivity contribution >= 4 is 13.3 Å². The van der Waals surface area contributed by atoms with Crippen molar-refractivity contribution in [3.8, 4) is 11.1 Å². The number of benzene rings is 2. The molecule has 1 heteroatoms. The van der Waals surface area contributed by atoms with E-state index in [1.165, 1.54) is 24.0 Å². The second-order valence-electron chi connectivity index (χ2n) is 6.94. The van der Waals surface area contributed by atoms with Gasteiger partial charge in [-0.25, -0.2) is 0 Å². The third kappa shape index (κ3) is 1.61. The first-order chi connectivity index (χ1) is 10.2. The van der Waals surface area contributed by atoms with Crippen molar-refractivity contribution in [1.82, 2.24) is 0 Å². The smallest absolute Gasteiger partial charge is 0.0651 e. The van der Waals surface area contributed by atoms with Crippen molar-refractivity contribution in [2.45, 2.75) is 38.4 Å². The normalized spacial score (nSPS) is 21.2. The van der Waals surface area contributed by atoms with E-state index in [-0.39, 0.29) is 0 Å². The number of rotatable bonds is 3. The molecule has 0 spiro atoms. The van der Waals surface area contributed by atoms with E-state index < -0.39 is 8.07 Å². The Morgan fingerprint density at radius 2 is 1.71 bits per heavy atom. The van der Waals surface area contributed by atoms with Crippen LogP contribution in [0, 0.1) is 0 Å². The van der Waals surface area contributed by atoms with E-state index in [0.29, 0.717) is 0 Å². The van der Waals surface area contributed by atoms with Crippen LogP contribution >= 0.6 is 0 Å². The van der Waals surface area contributed by atoms with Gasteiger partial charge in [0.05, 0.1) is 8.07 Å². The molecule has 2 aromatic carbocycles. The zero-order valence-corrected chi connectivity index (χ0v) is 14.1. The predicted molar refractivity (Wildman–Crippen MR) is 93.9 cm³/mol. The fraction of sp³-hybridized carbons (Fsp3) is 0.300. The Bertz CT molecular complexity index is 738. The number of hydrogen-bond acceptors (Lipinski definition) is 0. The average Bonchev–Trinajstić information content (AvgIpc) is 2.96. The van der Waals surface area contributed by atoms with Gasteiger partial charge in [0.2, 0.25) is 0 Å². The van der Waals surface area contributed by atoms with Gasteiger partial charge in [-0.2, -0.15) is 0 Å². The van der Waals surface area contributed by atoms with Gasteiger partial charge in [-0.1, -0.05) is 85.7 Å². The van der Waals surface area contributed by atoms with Crippen LogP contribution in [0.2, 0.25) is 13.1 Å². The van der Waals surface area contributed by atoms with E-state index in [4.69, 9.17) is 0 Å². The summed E-state index contributed by atoms with van der Waals surface area (Å²) in [6, 6.07) is 17.9. The van der Waals surface area contributed by atoms with Crippen LogP contribution in [0.1, 0.15) is 36.4 Å². The second kappa shape index (κ2) is 4.44. The third-order valence-electron chi connectivity index (χ3n) is 5.30. The molecule has 0 saturated carbocycles. The Morgan fingerprint density at radius 1 is 0.952 bits per heavy atom. The Labute approximate surface area is 128 Å². The SMILES string of the molecule is CCCC1=C2c3c(-c4ccccc4)cccc3C1[Si]2(C)C. The summed E-state index contributed by atoms with van der Waals surface area (Å²) in [6.07, 6.45) is 2.56. The molecule has 5 rings (SSSR count). The van der Waals surface area contributed by atoms with Crippen LogP contribution in [0.5, 0.6) is 0 Å². The van der Waals surface area contributed by atoms with Gasteiger partial charge < -0.3 is 0 Å². The van der Waals surface area contributed by atoms with Crippen LogP contribution in [0.25, 0.3) is 16.3 Å². The monoisotopic (exact) mass is 290 g/mol. The fourth-order valence-electron chi connectivity index (χ4n) is 4.61. The molecule has 3 aliphatic rings. The Hall–Kier alpha value is -1.60. The zero-order chi connectivity index (χ0) is 14.6. The molecule has 21 heavy (non-hydrogen) atoms. The van der Waals surface area contributed by atoms with Crippen molar-refractivity contribution in [2.75, 3.05) is 0 Å². The summed E-state index contributed by atoms with van der Waals surface area (Å²) in [6.45, 7) is 7.42. The predicted octanol–water partition coefficient (Wildman–Crippen LogP) is 5.80. The molecular weight excluding hydrogens is 268 g/mol. The van der Waals surface area contributed by atoms with Crippen LogP contribution in [-0.2, 0) is 0 Å². The molecule has 0 saturated heterocycles. The summed E-state index contributed by atoms with van der Waals surface area (Å²) in [5.74, 6) is 0. The van der Waals surface area contributed by atoms with Gasteiger partial charge in [0.25, 0.3) is 0 Å². The lowest BCUT2D eigenvalue weighted by atomic mass is 9.97. The van der Waals surface area contributed by atoms with Gasteiger partial charge in [-0.3, -0.25) is 0 Å². The van der Waals surface area contributed by atoms with Crippen molar-refractivity contribution in [1.29, 1.82) is 0 Å². The Balaban J connectivity index is 1.94. The summed E-state index contributed by atoms with van der Waals surface area (Å²) in [5, 5.41) is 1.78. The molecule has 2 heterocycles. The Morgan fingerprint density at radius 3 is 2.43 bits per heavy atom. The quantitative estimate of drug-likeness (QED) is 0.626. The van der Waals surface area contributed by atoms with Gasteiger partial charge in [-0.15, -0.1) is 0 Å². The van der Waals surface area contributed by atoms with E-state index >= 15 is 0 Å².